The predicted molar refractivity (Wildman–Crippen MR) is 115 cm³/mol. The van der Waals surface area contributed by atoms with E-state index >= 15 is 0 Å². The maximum atomic E-state index is 10.2. The van der Waals surface area contributed by atoms with Crippen LogP contribution < -0.4 is 4.90 Å². The summed E-state index contributed by atoms with van der Waals surface area (Å²) in [7, 11) is 0. The molecule has 2 fully saturated rings. The van der Waals surface area contributed by atoms with Gasteiger partial charge in [0, 0.05) is 38.6 Å². The second-order valence-electron chi connectivity index (χ2n) is 9.95. The van der Waals surface area contributed by atoms with Crippen LogP contribution >= 0.6 is 0 Å². The van der Waals surface area contributed by atoms with Crippen molar-refractivity contribution < 1.29 is 9.84 Å². The van der Waals surface area contributed by atoms with E-state index in [9.17, 15) is 10.4 Å². The van der Waals surface area contributed by atoms with Gasteiger partial charge in [-0.1, -0.05) is 13.8 Å². The van der Waals surface area contributed by atoms with Gasteiger partial charge < -0.3 is 14.7 Å². The molecule has 0 bridgehead atoms. The highest BCUT2D eigenvalue weighted by atomic mass is 16.5. The number of hydrogen-bond acceptors (Lipinski definition) is 5. The van der Waals surface area contributed by atoms with Gasteiger partial charge in [0.2, 0.25) is 0 Å². The summed E-state index contributed by atoms with van der Waals surface area (Å²) in [5.74, 6) is 1.14. The molecule has 1 aromatic rings. The van der Waals surface area contributed by atoms with Gasteiger partial charge in [0.05, 0.1) is 30.1 Å². The minimum Gasteiger partial charge on any atom is -0.395 e. The average Bonchev–Trinajstić information content (AvgIpc) is 3.51. The van der Waals surface area contributed by atoms with Crippen molar-refractivity contribution in [3.63, 3.8) is 0 Å². The van der Waals surface area contributed by atoms with Crippen molar-refractivity contribution in [1.29, 1.82) is 5.26 Å². The van der Waals surface area contributed by atoms with Gasteiger partial charge in [-0.05, 0) is 61.3 Å². The van der Waals surface area contributed by atoms with Crippen molar-refractivity contribution in [3.8, 4) is 6.07 Å². The molecule has 1 aromatic carbocycles. The first-order valence-corrected chi connectivity index (χ1v) is 11.2. The van der Waals surface area contributed by atoms with Crippen molar-refractivity contribution in [1.82, 2.24) is 4.90 Å². The molecule has 158 valence electrons. The largest absolute Gasteiger partial charge is 0.395 e. The van der Waals surface area contributed by atoms with Crippen molar-refractivity contribution >= 4 is 5.69 Å². The number of nitrogens with zero attached hydrogens (tertiary/aromatic N) is 3. The number of aliphatic hydroxyl groups excluding tert-OH is 1. The molecule has 1 N–H and O–H groups in total. The third-order valence-electron chi connectivity index (χ3n) is 6.93. The van der Waals surface area contributed by atoms with Crippen LogP contribution in [0.4, 0.5) is 5.69 Å². The zero-order valence-electron chi connectivity index (χ0n) is 18.4. The molecule has 0 amide bonds. The Bertz CT molecular complexity index is 807. The lowest BCUT2D eigenvalue weighted by Crippen LogP contribution is -2.56. The third kappa shape index (κ3) is 4.03. The molecular weight excluding hydrogens is 362 g/mol. The average molecular weight is 398 g/mol. The smallest absolute Gasteiger partial charge is 0.102 e. The quantitative estimate of drug-likeness (QED) is 0.825. The first-order valence-electron chi connectivity index (χ1n) is 11.2. The monoisotopic (exact) mass is 397 g/mol. The molecule has 29 heavy (non-hydrogen) atoms. The summed E-state index contributed by atoms with van der Waals surface area (Å²) in [6.07, 6.45) is 3.30. The predicted octanol–water partition coefficient (Wildman–Crippen LogP) is 3.43. The van der Waals surface area contributed by atoms with Crippen LogP contribution in [0.3, 0.4) is 0 Å². The van der Waals surface area contributed by atoms with Gasteiger partial charge in [-0.2, -0.15) is 5.26 Å². The van der Waals surface area contributed by atoms with Crippen molar-refractivity contribution in [2.45, 2.75) is 71.1 Å². The summed E-state index contributed by atoms with van der Waals surface area (Å²) in [6.45, 7) is 13.1. The fourth-order valence-corrected chi connectivity index (χ4v) is 5.13. The highest BCUT2D eigenvalue weighted by Gasteiger charge is 2.37. The summed E-state index contributed by atoms with van der Waals surface area (Å²) < 4.78 is 6.13. The van der Waals surface area contributed by atoms with E-state index in [2.05, 4.69) is 49.6 Å². The van der Waals surface area contributed by atoms with Gasteiger partial charge in [0.25, 0.3) is 0 Å². The van der Waals surface area contributed by atoms with Gasteiger partial charge in [0.15, 0.2) is 0 Å². The molecule has 5 nitrogen and oxygen atoms in total. The highest BCUT2D eigenvalue weighted by molar-refractivity contribution is 5.68. The molecule has 1 aliphatic carbocycles. The zero-order valence-corrected chi connectivity index (χ0v) is 18.4. The van der Waals surface area contributed by atoms with Gasteiger partial charge in [0.1, 0.15) is 6.07 Å². The number of piperazine rings is 1. The van der Waals surface area contributed by atoms with Crippen LogP contribution in [0.5, 0.6) is 0 Å². The molecule has 0 radical (unpaired) electrons. The van der Waals surface area contributed by atoms with Crippen LogP contribution in [0, 0.1) is 17.2 Å². The minimum atomic E-state index is -0.224. The number of β-amino-alcohol motifs (C(OH)–C–C–N with tert-alkyl or cyclic N) is 1. The first-order chi connectivity index (χ1) is 13.8. The van der Waals surface area contributed by atoms with Crippen LogP contribution in [0.2, 0.25) is 0 Å². The van der Waals surface area contributed by atoms with Crippen LogP contribution in [-0.2, 0) is 17.8 Å². The van der Waals surface area contributed by atoms with E-state index in [0.717, 1.165) is 43.9 Å². The van der Waals surface area contributed by atoms with E-state index < -0.39 is 0 Å². The van der Waals surface area contributed by atoms with E-state index in [-0.39, 0.29) is 12.2 Å². The standard InChI is InChI=1S/C24H35N3O2/c1-16(2)23-14-27(8-7-26(23)9-10-28)22-11-18(17-5-6-17)21-15-29-24(3,4)12-19(21)20(22)13-25/h11,16-17,23,28H,5-10,12,14-15H2,1-4H3/t23-/m0/s1. The Balaban J connectivity index is 1.74. The molecular formula is C24H35N3O2. The summed E-state index contributed by atoms with van der Waals surface area (Å²) in [5, 5.41) is 19.6. The van der Waals surface area contributed by atoms with E-state index in [1.807, 2.05) is 0 Å². The molecule has 2 aliphatic heterocycles. The maximum Gasteiger partial charge on any atom is 0.102 e. The van der Waals surface area contributed by atoms with Crippen molar-refractivity contribution in [2.75, 3.05) is 37.7 Å². The summed E-state index contributed by atoms with van der Waals surface area (Å²) in [6, 6.07) is 5.28. The molecule has 0 aromatic heterocycles. The molecule has 4 rings (SSSR count). The Kier molecular flexibility index (Phi) is 5.63. The number of ether oxygens (including phenoxy) is 1. The molecule has 1 saturated carbocycles. The molecule has 2 heterocycles. The Morgan fingerprint density at radius 3 is 2.66 bits per heavy atom. The number of rotatable bonds is 5. The lowest BCUT2D eigenvalue weighted by Gasteiger charge is -2.45. The fourth-order valence-electron chi connectivity index (χ4n) is 5.13. The fraction of sp³-hybridized carbons (Fsp3) is 0.708. The summed E-state index contributed by atoms with van der Waals surface area (Å²) in [4.78, 5) is 4.84. The van der Waals surface area contributed by atoms with E-state index in [1.54, 1.807) is 0 Å². The van der Waals surface area contributed by atoms with Gasteiger partial charge in [-0.3, -0.25) is 4.90 Å². The van der Waals surface area contributed by atoms with Gasteiger partial charge >= 0.3 is 0 Å². The van der Waals surface area contributed by atoms with Crippen LogP contribution in [0.25, 0.3) is 0 Å². The molecule has 0 unspecified atom stereocenters. The maximum absolute atomic E-state index is 10.2. The van der Waals surface area contributed by atoms with E-state index in [0.29, 0.717) is 24.5 Å². The number of anilines is 1. The number of nitriles is 1. The molecule has 1 saturated heterocycles. The summed E-state index contributed by atoms with van der Waals surface area (Å²) >= 11 is 0. The second-order valence-corrected chi connectivity index (χ2v) is 9.95. The number of hydrogen-bond donors (Lipinski definition) is 1. The lowest BCUT2D eigenvalue weighted by molar-refractivity contribution is -0.0405. The first kappa shape index (κ1) is 20.7. The SMILES string of the molecule is CC(C)[C@@H]1CN(c2cc(C3CC3)c3c(c2C#N)CC(C)(C)OC3)CCN1CCO. The van der Waals surface area contributed by atoms with Gasteiger partial charge in [-0.15, -0.1) is 0 Å². The minimum absolute atomic E-state index is 0.201. The van der Waals surface area contributed by atoms with Gasteiger partial charge in [-0.25, -0.2) is 0 Å². The Hall–Kier alpha value is -1.61. The normalized spacial score (nSPS) is 24.4. The van der Waals surface area contributed by atoms with Crippen LogP contribution in [-0.4, -0.2) is 54.4 Å². The number of aliphatic hydroxyl groups is 1. The third-order valence-corrected chi connectivity index (χ3v) is 6.93. The number of benzene rings is 1. The molecule has 5 heteroatoms. The van der Waals surface area contributed by atoms with Crippen molar-refractivity contribution in [2.24, 2.45) is 5.92 Å². The van der Waals surface area contributed by atoms with E-state index in [4.69, 9.17) is 4.74 Å². The zero-order chi connectivity index (χ0) is 20.8. The summed E-state index contributed by atoms with van der Waals surface area (Å²) in [5.41, 5.74) is 5.69. The Morgan fingerprint density at radius 2 is 2.03 bits per heavy atom. The second kappa shape index (κ2) is 7.91. The van der Waals surface area contributed by atoms with Crippen molar-refractivity contribution in [3.05, 3.63) is 28.3 Å². The molecule has 0 spiro atoms. The van der Waals surface area contributed by atoms with Crippen LogP contribution in [0.1, 0.15) is 68.7 Å². The Morgan fingerprint density at radius 1 is 1.28 bits per heavy atom. The lowest BCUT2D eigenvalue weighted by atomic mass is 9.83. The Labute approximate surface area is 175 Å². The van der Waals surface area contributed by atoms with Crippen LogP contribution in [0.15, 0.2) is 6.07 Å². The topological polar surface area (TPSA) is 59.7 Å². The molecule has 3 aliphatic rings. The number of fused-ring (bicyclic) bond motifs is 1. The molecule has 1 atom stereocenters. The van der Waals surface area contributed by atoms with E-state index in [1.165, 1.54) is 29.5 Å². The highest BCUT2D eigenvalue weighted by Crippen LogP contribution is 2.47.